The first kappa shape index (κ1) is 19.7. The van der Waals surface area contributed by atoms with Gasteiger partial charge in [-0.05, 0) is 55.8 Å². The van der Waals surface area contributed by atoms with E-state index in [1.165, 1.54) is 13.2 Å². The van der Waals surface area contributed by atoms with Crippen LogP contribution in [0.4, 0.5) is 5.69 Å². The van der Waals surface area contributed by atoms with Crippen LogP contribution in [0.15, 0.2) is 42.5 Å². The van der Waals surface area contributed by atoms with Crippen molar-refractivity contribution in [3.63, 3.8) is 0 Å². The van der Waals surface area contributed by atoms with Gasteiger partial charge in [-0.25, -0.2) is 0 Å². The molecule has 2 rings (SSSR count). The van der Waals surface area contributed by atoms with Gasteiger partial charge in [0.05, 0.1) is 25.3 Å². The van der Waals surface area contributed by atoms with Gasteiger partial charge in [-0.1, -0.05) is 17.7 Å². The van der Waals surface area contributed by atoms with Crippen LogP contribution in [-0.4, -0.2) is 26.2 Å². The molecule has 138 valence electrons. The number of rotatable bonds is 8. The quantitative estimate of drug-likeness (QED) is 0.673. The van der Waals surface area contributed by atoms with Crippen molar-refractivity contribution in [2.45, 2.75) is 13.8 Å². The third-order valence-electron chi connectivity index (χ3n) is 3.41. The third kappa shape index (κ3) is 5.43. The molecule has 0 aliphatic rings. The van der Waals surface area contributed by atoms with Crippen LogP contribution in [0, 0.1) is 0 Å². The molecule has 0 atom stereocenters. The van der Waals surface area contributed by atoms with Crippen molar-refractivity contribution in [1.82, 2.24) is 0 Å². The number of ether oxygens (including phenoxy) is 3. The molecule has 0 fully saturated rings. The van der Waals surface area contributed by atoms with E-state index in [9.17, 15) is 4.79 Å². The summed E-state index contributed by atoms with van der Waals surface area (Å²) in [5.74, 6) is 1.62. The summed E-state index contributed by atoms with van der Waals surface area (Å²) in [6.07, 6.45) is 3.16. The number of hydrogen-bond donors (Lipinski definition) is 1. The maximum Gasteiger partial charge on any atom is 0.248 e. The van der Waals surface area contributed by atoms with Crippen LogP contribution >= 0.6 is 11.6 Å². The summed E-state index contributed by atoms with van der Waals surface area (Å²) in [5.41, 5.74) is 1.42. The summed E-state index contributed by atoms with van der Waals surface area (Å²) in [7, 11) is 1.54. The Labute approximate surface area is 158 Å². The summed E-state index contributed by atoms with van der Waals surface area (Å²) < 4.78 is 16.2. The Morgan fingerprint density at radius 3 is 2.38 bits per heavy atom. The molecule has 0 unspecified atom stereocenters. The number of carbonyl (C=O) groups is 1. The van der Waals surface area contributed by atoms with Gasteiger partial charge in [-0.3, -0.25) is 4.79 Å². The molecule has 0 radical (unpaired) electrons. The van der Waals surface area contributed by atoms with Gasteiger partial charge in [0.1, 0.15) is 5.75 Å². The van der Waals surface area contributed by atoms with Crippen molar-refractivity contribution < 1.29 is 19.0 Å². The van der Waals surface area contributed by atoms with E-state index in [4.69, 9.17) is 25.8 Å². The molecule has 0 aliphatic carbocycles. The molecule has 0 saturated carbocycles. The molecule has 0 spiro atoms. The van der Waals surface area contributed by atoms with Crippen LogP contribution in [0.25, 0.3) is 6.08 Å². The highest BCUT2D eigenvalue weighted by Crippen LogP contribution is 2.29. The van der Waals surface area contributed by atoms with Crippen molar-refractivity contribution in [1.29, 1.82) is 0 Å². The molecule has 1 amide bonds. The zero-order valence-electron chi connectivity index (χ0n) is 15.0. The van der Waals surface area contributed by atoms with Crippen molar-refractivity contribution in [3.8, 4) is 17.2 Å². The predicted octanol–water partition coefficient (Wildman–Crippen LogP) is 4.80. The fraction of sp³-hybridized carbons (Fsp3) is 0.250. The van der Waals surface area contributed by atoms with E-state index in [1.807, 2.05) is 32.0 Å². The zero-order valence-corrected chi connectivity index (χ0v) is 15.8. The summed E-state index contributed by atoms with van der Waals surface area (Å²) in [5, 5.41) is 3.19. The molecular weight excluding hydrogens is 354 g/mol. The Morgan fingerprint density at radius 1 is 1.04 bits per heavy atom. The number of halogens is 1. The molecule has 5 nitrogen and oxygen atoms in total. The van der Waals surface area contributed by atoms with Crippen molar-refractivity contribution in [3.05, 3.63) is 53.1 Å². The number of nitrogens with one attached hydrogen (secondary N) is 1. The first-order chi connectivity index (χ1) is 12.6. The molecule has 0 heterocycles. The number of carbonyl (C=O) groups excluding carboxylic acids is 1. The van der Waals surface area contributed by atoms with Crippen molar-refractivity contribution in [2.24, 2.45) is 0 Å². The molecule has 26 heavy (non-hydrogen) atoms. The fourth-order valence-electron chi connectivity index (χ4n) is 2.27. The maximum atomic E-state index is 12.1. The van der Waals surface area contributed by atoms with E-state index in [2.05, 4.69) is 5.32 Å². The van der Waals surface area contributed by atoms with Gasteiger partial charge in [0, 0.05) is 11.8 Å². The molecular formula is C20H22ClNO4. The molecule has 1 N–H and O–H groups in total. The predicted molar refractivity (Wildman–Crippen MR) is 104 cm³/mol. The molecule has 2 aromatic rings. The molecule has 6 heteroatoms. The Morgan fingerprint density at radius 2 is 1.73 bits per heavy atom. The van der Waals surface area contributed by atoms with Crippen LogP contribution in [0.5, 0.6) is 17.2 Å². The smallest absolute Gasteiger partial charge is 0.248 e. The SMILES string of the molecule is CCOc1ccc(C=CC(=O)Nc2ccc(OC)c(Cl)c2)cc1OCC. The molecule has 2 aromatic carbocycles. The molecule has 0 aromatic heterocycles. The van der Waals surface area contributed by atoms with Crippen LogP contribution in [0.1, 0.15) is 19.4 Å². The lowest BCUT2D eigenvalue weighted by Crippen LogP contribution is -2.07. The largest absolute Gasteiger partial charge is 0.495 e. The highest BCUT2D eigenvalue weighted by Gasteiger charge is 2.06. The number of amides is 1. The number of benzene rings is 2. The Bertz CT molecular complexity index is 789. The second-order valence-corrected chi connectivity index (χ2v) is 5.65. The Kier molecular flexibility index (Phi) is 7.36. The minimum Gasteiger partial charge on any atom is -0.495 e. The summed E-state index contributed by atoms with van der Waals surface area (Å²) in [6.45, 7) is 4.92. The fourth-order valence-corrected chi connectivity index (χ4v) is 2.53. The number of anilines is 1. The second kappa shape index (κ2) is 9.73. The maximum absolute atomic E-state index is 12.1. The second-order valence-electron chi connectivity index (χ2n) is 5.24. The third-order valence-corrected chi connectivity index (χ3v) is 3.71. The van der Waals surface area contributed by atoms with Crippen LogP contribution in [0.2, 0.25) is 5.02 Å². The van der Waals surface area contributed by atoms with Crippen molar-refractivity contribution >= 4 is 29.3 Å². The highest BCUT2D eigenvalue weighted by molar-refractivity contribution is 6.32. The molecule has 0 saturated heterocycles. The van der Waals surface area contributed by atoms with Gasteiger partial charge < -0.3 is 19.5 Å². The number of methoxy groups -OCH3 is 1. The van der Waals surface area contributed by atoms with E-state index in [0.29, 0.717) is 41.2 Å². The summed E-state index contributed by atoms with van der Waals surface area (Å²) in [6, 6.07) is 10.6. The van der Waals surface area contributed by atoms with E-state index >= 15 is 0 Å². The van der Waals surface area contributed by atoms with Gasteiger partial charge in [-0.2, -0.15) is 0 Å². The van der Waals surface area contributed by atoms with Crippen molar-refractivity contribution in [2.75, 3.05) is 25.6 Å². The Balaban J connectivity index is 2.07. The van der Waals surface area contributed by atoms with Gasteiger partial charge in [0.2, 0.25) is 5.91 Å². The van der Waals surface area contributed by atoms with Gasteiger partial charge in [-0.15, -0.1) is 0 Å². The molecule has 0 aliphatic heterocycles. The minimum atomic E-state index is -0.266. The van der Waals surface area contributed by atoms with Crippen LogP contribution in [0.3, 0.4) is 0 Å². The average molecular weight is 376 g/mol. The van der Waals surface area contributed by atoms with Gasteiger partial charge >= 0.3 is 0 Å². The summed E-state index contributed by atoms with van der Waals surface area (Å²) in [4.78, 5) is 12.1. The lowest BCUT2D eigenvalue weighted by atomic mass is 10.2. The van der Waals surface area contributed by atoms with E-state index in [0.717, 1.165) is 5.56 Å². The zero-order chi connectivity index (χ0) is 18.9. The van der Waals surface area contributed by atoms with Gasteiger partial charge in [0.25, 0.3) is 0 Å². The van der Waals surface area contributed by atoms with E-state index in [-0.39, 0.29) is 5.91 Å². The molecule has 0 bridgehead atoms. The monoisotopic (exact) mass is 375 g/mol. The normalized spacial score (nSPS) is 10.6. The van der Waals surface area contributed by atoms with E-state index in [1.54, 1.807) is 24.3 Å². The van der Waals surface area contributed by atoms with Crippen LogP contribution in [-0.2, 0) is 4.79 Å². The van der Waals surface area contributed by atoms with Gasteiger partial charge in [0.15, 0.2) is 11.5 Å². The lowest BCUT2D eigenvalue weighted by Gasteiger charge is -2.11. The average Bonchev–Trinajstić information content (AvgIpc) is 2.62. The standard InChI is InChI=1S/C20H22ClNO4/c1-4-25-18-9-6-14(12-19(18)26-5-2)7-11-20(23)22-15-8-10-17(24-3)16(21)13-15/h6-13H,4-5H2,1-3H3,(H,22,23). The highest BCUT2D eigenvalue weighted by atomic mass is 35.5. The Hall–Kier alpha value is -2.66. The topological polar surface area (TPSA) is 56.8 Å². The van der Waals surface area contributed by atoms with Crippen LogP contribution < -0.4 is 19.5 Å². The lowest BCUT2D eigenvalue weighted by molar-refractivity contribution is -0.111. The summed E-state index contributed by atoms with van der Waals surface area (Å²) >= 11 is 6.05. The number of hydrogen-bond acceptors (Lipinski definition) is 4. The first-order valence-corrected chi connectivity index (χ1v) is 8.67. The minimum absolute atomic E-state index is 0.266. The first-order valence-electron chi connectivity index (χ1n) is 8.29. The van der Waals surface area contributed by atoms with E-state index < -0.39 is 0 Å².